The summed E-state index contributed by atoms with van der Waals surface area (Å²) in [5.74, 6) is 0.906. The standard InChI is InChI=1S/C12H19N5/c1-3-17(4-2)8-7-14-12-10-5-6-13-11(10)15-9-16-12/h5-6,9H,3-4,7-8H2,1-2H3,(H2,13,14,15,16). The summed E-state index contributed by atoms with van der Waals surface area (Å²) in [6.07, 6.45) is 3.47. The monoisotopic (exact) mass is 233 g/mol. The highest BCUT2D eigenvalue weighted by molar-refractivity contribution is 5.86. The molecule has 0 radical (unpaired) electrons. The highest BCUT2D eigenvalue weighted by atomic mass is 15.1. The summed E-state index contributed by atoms with van der Waals surface area (Å²) >= 11 is 0. The number of rotatable bonds is 6. The third-order valence-electron chi connectivity index (χ3n) is 2.97. The van der Waals surface area contributed by atoms with E-state index >= 15 is 0 Å². The minimum Gasteiger partial charge on any atom is -0.368 e. The van der Waals surface area contributed by atoms with Gasteiger partial charge in [0.25, 0.3) is 0 Å². The maximum Gasteiger partial charge on any atom is 0.142 e. The van der Waals surface area contributed by atoms with Gasteiger partial charge in [-0.05, 0) is 19.2 Å². The van der Waals surface area contributed by atoms with Crippen LogP contribution in [0.4, 0.5) is 5.82 Å². The Morgan fingerprint density at radius 2 is 2.12 bits per heavy atom. The second-order valence-corrected chi connectivity index (χ2v) is 3.92. The third kappa shape index (κ3) is 2.74. The molecule has 0 saturated carbocycles. The van der Waals surface area contributed by atoms with Crippen molar-refractivity contribution in [3.63, 3.8) is 0 Å². The Hall–Kier alpha value is -1.62. The zero-order valence-corrected chi connectivity index (χ0v) is 10.4. The van der Waals surface area contributed by atoms with Crippen molar-refractivity contribution in [1.82, 2.24) is 19.9 Å². The normalized spacial score (nSPS) is 11.2. The average molecular weight is 233 g/mol. The van der Waals surface area contributed by atoms with Crippen LogP contribution < -0.4 is 5.32 Å². The maximum atomic E-state index is 4.27. The molecule has 0 aromatic carbocycles. The quantitative estimate of drug-likeness (QED) is 0.797. The molecule has 2 aromatic heterocycles. The van der Waals surface area contributed by atoms with Gasteiger partial charge in [-0.1, -0.05) is 13.8 Å². The SMILES string of the molecule is CCN(CC)CCNc1ncnc2[nH]ccc12. The molecule has 5 nitrogen and oxygen atoms in total. The lowest BCUT2D eigenvalue weighted by Crippen LogP contribution is -2.28. The summed E-state index contributed by atoms with van der Waals surface area (Å²) in [4.78, 5) is 13.9. The van der Waals surface area contributed by atoms with Crippen LogP contribution in [0.25, 0.3) is 11.0 Å². The molecule has 0 unspecified atom stereocenters. The Morgan fingerprint density at radius 3 is 2.88 bits per heavy atom. The van der Waals surface area contributed by atoms with Crippen LogP contribution in [0.2, 0.25) is 0 Å². The van der Waals surface area contributed by atoms with Crippen molar-refractivity contribution in [3.05, 3.63) is 18.6 Å². The van der Waals surface area contributed by atoms with Gasteiger partial charge in [0, 0.05) is 19.3 Å². The molecule has 17 heavy (non-hydrogen) atoms. The van der Waals surface area contributed by atoms with Crippen molar-refractivity contribution in [2.45, 2.75) is 13.8 Å². The molecule has 0 saturated heterocycles. The number of hydrogen-bond donors (Lipinski definition) is 2. The Morgan fingerprint density at radius 1 is 1.29 bits per heavy atom. The fourth-order valence-corrected chi connectivity index (χ4v) is 1.89. The van der Waals surface area contributed by atoms with Crippen LogP contribution in [0, 0.1) is 0 Å². The van der Waals surface area contributed by atoms with E-state index in [-0.39, 0.29) is 0 Å². The Kier molecular flexibility index (Phi) is 3.93. The zero-order chi connectivity index (χ0) is 12.1. The van der Waals surface area contributed by atoms with E-state index in [0.717, 1.165) is 43.0 Å². The summed E-state index contributed by atoms with van der Waals surface area (Å²) in [5, 5.41) is 4.41. The van der Waals surface area contributed by atoms with Gasteiger partial charge in [0.2, 0.25) is 0 Å². The molecule has 2 heterocycles. The van der Waals surface area contributed by atoms with Gasteiger partial charge in [0.1, 0.15) is 17.8 Å². The first-order valence-corrected chi connectivity index (χ1v) is 6.09. The summed E-state index contributed by atoms with van der Waals surface area (Å²) < 4.78 is 0. The molecule has 0 aliphatic rings. The molecule has 0 fully saturated rings. The van der Waals surface area contributed by atoms with E-state index in [4.69, 9.17) is 0 Å². The topological polar surface area (TPSA) is 56.8 Å². The highest BCUT2D eigenvalue weighted by Gasteiger charge is 2.04. The van der Waals surface area contributed by atoms with E-state index in [1.165, 1.54) is 0 Å². The van der Waals surface area contributed by atoms with Gasteiger partial charge in [0.05, 0.1) is 5.39 Å². The Bertz CT molecular complexity index is 461. The number of aromatic nitrogens is 3. The van der Waals surface area contributed by atoms with E-state index in [2.05, 4.69) is 39.0 Å². The second-order valence-electron chi connectivity index (χ2n) is 3.92. The second kappa shape index (κ2) is 5.63. The molecule has 92 valence electrons. The number of nitrogens with zero attached hydrogens (tertiary/aromatic N) is 3. The van der Waals surface area contributed by atoms with E-state index in [1.807, 2.05) is 12.3 Å². The Balaban J connectivity index is 1.97. The molecular weight excluding hydrogens is 214 g/mol. The lowest BCUT2D eigenvalue weighted by atomic mass is 10.3. The molecule has 0 aliphatic carbocycles. The molecule has 0 atom stereocenters. The van der Waals surface area contributed by atoms with Crippen molar-refractivity contribution in [2.75, 3.05) is 31.5 Å². The van der Waals surface area contributed by atoms with Crippen LogP contribution in [0.15, 0.2) is 18.6 Å². The molecule has 0 bridgehead atoms. The summed E-state index contributed by atoms with van der Waals surface area (Å²) in [5.41, 5.74) is 0.880. The predicted octanol–water partition coefficient (Wildman–Crippen LogP) is 1.71. The van der Waals surface area contributed by atoms with Crippen molar-refractivity contribution < 1.29 is 0 Å². The molecule has 0 aliphatic heterocycles. The minimum absolute atomic E-state index is 0.880. The molecule has 5 heteroatoms. The van der Waals surface area contributed by atoms with Gasteiger partial charge >= 0.3 is 0 Å². The van der Waals surface area contributed by atoms with Gasteiger partial charge in [-0.15, -0.1) is 0 Å². The third-order valence-corrected chi connectivity index (χ3v) is 2.97. The lowest BCUT2D eigenvalue weighted by molar-refractivity contribution is 0.316. The van der Waals surface area contributed by atoms with Crippen LogP contribution in [0.3, 0.4) is 0 Å². The molecule has 2 aromatic rings. The van der Waals surface area contributed by atoms with Gasteiger partial charge in [-0.2, -0.15) is 0 Å². The van der Waals surface area contributed by atoms with Crippen molar-refractivity contribution in [2.24, 2.45) is 0 Å². The van der Waals surface area contributed by atoms with E-state index in [1.54, 1.807) is 6.33 Å². The largest absolute Gasteiger partial charge is 0.368 e. The van der Waals surface area contributed by atoms with Crippen molar-refractivity contribution >= 4 is 16.9 Å². The lowest BCUT2D eigenvalue weighted by Gasteiger charge is -2.18. The smallest absolute Gasteiger partial charge is 0.142 e. The fourth-order valence-electron chi connectivity index (χ4n) is 1.89. The number of nitrogens with one attached hydrogen (secondary N) is 2. The average Bonchev–Trinajstić information content (AvgIpc) is 2.83. The van der Waals surface area contributed by atoms with E-state index in [0.29, 0.717) is 0 Å². The number of H-pyrrole nitrogens is 1. The minimum atomic E-state index is 0.880. The van der Waals surface area contributed by atoms with Crippen molar-refractivity contribution in [1.29, 1.82) is 0 Å². The first-order chi connectivity index (χ1) is 8.35. The van der Waals surface area contributed by atoms with Crippen LogP contribution >= 0.6 is 0 Å². The molecule has 0 amide bonds. The number of likely N-dealkylation sites (N-methyl/N-ethyl adjacent to an activating group) is 1. The molecular formula is C12H19N5. The van der Waals surface area contributed by atoms with Crippen LogP contribution in [0.5, 0.6) is 0 Å². The number of fused-ring (bicyclic) bond motifs is 1. The van der Waals surface area contributed by atoms with Gasteiger partial charge in [-0.25, -0.2) is 9.97 Å². The summed E-state index contributed by atoms with van der Waals surface area (Å²) in [7, 11) is 0. The molecule has 2 rings (SSSR count). The first-order valence-electron chi connectivity index (χ1n) is 6.09. The number of aromatic amines is 1. The van der Waals surface area contributed by atoms with Gasteiger partial charge in [-0.3, -0.25) is 0 Å². The van der Waals surface area contributed by atoms with Crippen LogP contribution in [-0.4, -0.2) is 46.0 Å². The summed E-state index contributed by atoms with van der Waals surface area (Å²) in [6.45, 7) is 8.46. The van der Waals surface area contributed by atoms with Crippen molar-refractivity contribution in [3.8, 4) is 0 Å². The van der Waals surface area contributed by atoms with E-state index < -0.39 is 0 Å². The van der Waals surface area contributed by atoms with Crippen LogP contribution in [0.1, 0.15) is 13.8 Å². The Labute approximate surface area is 101 Å². The summed E-state index contributed by atoms with van der Waals surface area (Å²) in [6, 6.07) is 2.00. The van der Waals surface area contributed by atoms with E-state index in [9.17, 15) is 0 Å². The number of hydrogen-bond acceptors (Lipinski definition) is 4. The fraction of sp³-hybridized carbons (Fsp3) is 0.500. The predicted molar refractivity (Wildman–Crippen MR) is 70.2 cm³/mol. The first kappa shape index (κ1) is 11.9. The molecule has 2 N–H and O–H groups in total. The van der Waals surface area contributed by atoms with Crippen LogP contribution in [-0.2, 0) is 0 Å². The number of anilines is 1. The van der Waals surface area contributed by atoms with Gasteiger partial charge in [0.15, 0.2) is 0 Å². The van der Waals surface area contributed by atoms with Gasteiger partial charge < -0.3 is 15.2 Å². The zero-order valence-electron chi connectivity index (χ0n) is 10.4. The highest BCUT2D eigenvalue weighted by Crippen LogP contribution is 2.16. The maximum absolute atomic E-state index is 4.27. The molecule has 0 spiro atoms.